The summed E-state index contributed by atoms with van der Waals surface area (Å²) in [6, 6.07) is 0. The molecule has 0 aromatic carbocycles. The van der Waals surface area contributed by atoms with Gasteiger partial charge in [-0.1, -0.05) is 32.1 Å². The molecule has 3 nitrogen and oxygen atoms in total. The van der Waals surface area contributed by atoms with Crippen LogP contribution in [0.2, 0.25) is 0 Å². The lowest BCUT2D eigenvalue weighted by Crippen LogP contribution is -2.03. The summed E-state index contributed by atoms with van der Waals surface area (Å²) in [6.07, 6.45) is 13.0. The molecule has 1 N–H and O–H groups in total. The molecule has 0 saturated heterocycles. The molecule has 0 bridgehead atoms. The molecular weight excluding hydrogens is 212 g/mol. The molecule has 0 aliphatic carbocycles. The normalized spacial score (nSPS) is 11.2. The summed E-state index contributed by atoms with van der Waals surface area (Å²) in [5.74, 6) is 2.49. The topological polar surface area (TPSA) is 54.4 Å². The second-order valence-corrected chi connectivity index (χ2v) is 5.29. The maximum absolute atomic E-state index is 10.4. The zero-order chi connectivity index (χ0) is 11.6. The molecule has 15 heavy (non-hydrogen) atoms. The molecule has 4 heteroatoms. The first kappa shape index (κ1) is 14.5. The van der Waals surface area contributed by atoms with Crippen LogP contribution in [0.5, 0.6) is 0 Å². The van der Waals surface area contributed by atoms with Gasteiger partial charge in [-0.05, 0) is 12.8 Å². The first-order valence-electron chi connectivity index (χ1n) is 5.45. The Bertz CT molecular complexity index is 275. The van der Waals surface area contributed by atoms with Gasteiger partial charge >= 0.3 is 0 Å². The highest BCUT2D eigenvalue weighted by molar-refractivity contribution is 7.85. The largest absolute Gasteiger partial charge is 0.286 e. The molecule has 0 radical (unpaired) electrons. The molecule has 0 rings (SSSR count). The minimum absolute atomic E-state index is 0.107. The summed E-state index contributed by atoms with van der Waals surface area (Å²) in [7, 11) is -3.75. The molecular formula is C11H20O3S. The summed E-state index contributed by atoms with van der Waals surface area (Å²) in [4.78, 5) is 0. The molecule has 0 spiro atoms. The van der Waals surface area contributed by atoms with Gasteiger partial charge in [0.2, 0.25) is 0 Å². The van der Waals surface area contributed by atoms with Crippen molar-refractivity contribution in [3.05, 3.63) is 0 Å². The Hall–Kier alpha value is -0.530. The minimum Gasteiger partial charge on any atom is -0.286 e. The number of hydrogen-bond donors (Lipinski definition) is 1. The fraction of sp³-hybridized carbons (Fsp3) is 0.818. The average molecular weight is 232 g/mol. The van der Waals surface area contributed by atoms with Crippen LogP contribution in [-0.2, 0) is 10.1 Å². The van der Waals surface area contributed by atoms with Crippen LogP contribution < -0.4 is 0 Å². The van der Waals surface area contributed by atoms with Crippen LogP contribution in [0.15, 0.2) is 0 Å². The Balaban J connectivity index is 3.10. The third kappa shape index (κ3) is 13.5. The van der Waals surface area contributed by atoms with Crippen molar-refractivity contribution in [2.45, 2.75) is 51.4 Å². The van der Waals surface area contributed by atoms with Crippen LogP contribution in [0.4, 0.5) is 0 Å². The maximum Gasteiger partial charge on any atom is 0.264 e. The fourth-order valence-corrected chi connectivity index (χ4v) is 1.96. The Kier molecular flexibility index (Phi) is 8.44. The van der Waals surface area contributed by atoms with Gasteiger partial charge in [-0.15, -0.1) is 12.3 Å². The van der Waals surface area contributed by atoms with E-state index in [4.69, 9.17) is 11.0 Å². The van der Waals surface area contributed by atoms with Crippen molar-refractivity contribution in [1.29, 1.82) is 0 Å². The van der Waals surface area contributed by atoms with Gasteiger partial charge in [0.15, 0.2) is 0 Å². The zero-order valence-electron chi connectivity index (χ0n) is 9.11. The predicted molar refractivity (Wildman–Crippen MR) is 62.2 cm³/mol. The van der Waals surface area contributed by atoms with Gasteiger partial charge in [0.25, 0.3) is 10.1 Å². The van der Waals surface area contributed by atoms with E-state index in [0.717, 1.165) is 44.9 Å². The van der Waals surface area contributed by atoms with E-state index in [-0.39, 0.29) is 5.75 Å². The molecule has 0 aromatic heterocycles. The predicted octanol–water partition coefficient (Wildman–Crippen LogP) is 2.63. The fourth-order valence-electron chi connectivity index (χ4n) is 1.40. The lowest BCUT2D eigenvalue weighted by Gasteiger charge is -2.00. The van der Waals surface area contributed by atoms with E-state index >= 15 is 0 Å². The molecule has 88 valence electrons. The summed E-state index contributed by atoms with van der Waals surface area (Å²) in [5, 5.41) is 0. The van der Waals surface area contributed by atoms with E-state index in [1.807, 2.05) is 0 Å². The first-order valence-corrected chi connectivity index (χ1v) is 7.06. The van der Waals surface area contributed by atoms with Crippen molar-refractivity contribution in [2.75, 3.05) is 5.75 Å². The Morgan fingerprint density at radius 2 is 1.40 bits per heavy atom. The number of unbranched alkanes of at least 4 members (excludes halogenated alkanes) is 7. The van der Waals surface area contributed by atoms with Crippen LogP contribution in [0.25, 0.3) is 0 Å². The Morgan fingerprint density at radius 3 is 1.87 bits per heavy atom. The van der Waals surface area contributed by atoms with Crippen molar-refractivity contribution >= 4 is 10.1 Å². The highest BCUT2D eigenvalue weighted by atomic mass is 32.2. The molecule has 0 aromatic rings. The van der Waals surface area contributed by atoms with Crippen LogP contribution in [0, 0.1) is 12.3 Å². The second kappa shape index (κ2) is 8.75. The van der Waals surface area contributed by atoms with Gasteiger partial charge in [-0.3, -0.25) is 4.55 Å². The van der Waals surface area contributed by atoms with E-state index in [0.29, 0.717) is 6.42 Å². The van der Waals surface area contributed by atoms with Crippen molar-refractivity contribution in [3.8, 4) is 12.3 Å². The van der Waals surface area contributed by atoms with Gasteiger partial charge in [0, 0.05) is 6.42 Å². The summed E-state index contributed by atoms with van der Waals surface area (Å²) < 4.78 is 29.2. The smallest absolute Gasteiger partial charge is 0.264 e. The van der Waals surface area contributed by atoms with Crippen molar-refractivity contribution in [3.63, 3.8) is 0 Å². The third-order valence-electron chi connectivity index (χ3n) is 2.22. The standard InChI is InChI=1S/C11H20O3S/c1-2-3-4-5-6-7-8-9-10-11-15(12,13)14/h1H,3-11H2,(H,12,13,14). The van der Waals surface area contributed by atoms with E-state index < -0.39 is 10.1 Å². The van der Waals surface area contributed by atoms with Crippen molar-refractivity contribution in [2.24, 2.45) is 0 Å². The maximum atomic E-state index is 10.4. The van der Waals surface area contributed by atoms with E-state index in [2.05, 4.69) is 5.92 Å². The highest BCUT2D eigenvalue weighted by Crippen LogP contribution is 2.08. The molecule has 0 heterocycles. The quantitative estimate of drug-likeness (QED) is 0.378. The Labute approximate surface area is 93.0 Å². The van der Waals surface area contributed by atoms with Gasteiger partial charge in [0.05, 0.1) is 5.75 Å². The summed E-state index contributed by atoms with van der Waals surface area (Å²) in [6.45, 7) is 0. The number of rotatable bonds is 9. The monoisotopic (exact) mass is 232 g/mol. The van der Waals surface area contributed by atoms with Crippen LogP contribution in [-0.4, -0.2) is 18.7 Å². The van der Waals surface area contributed by atoms with Crippen LogP contribution in [0.3, 0.4) is 0 Å². The Morgan fingerprint density at radius 1 is 0.933 bits per heavy atom. The molecule has 0 saturated carbocycles. The molecule has 0 aliphatic heterocycles. The van der Waals surface area contributed by atoms with Crippen molar-refractivity contribution < 1.29 is 13.0 Å². The molecule has 0 amide bonds. The van der Waals surface area contributed by atoms with Gasteiger partial charge in [-0.2, -0.15) is 8.42 Å². The summed E-state index contributed by atoms with van der Waals surface area (Å²) >= 11 is 0. The van der Waals surface area contributed by atoms with Crippen LogP contribution >= 0.6 is 0 Å². The molecule has 0 aliphatic rings. The number of hydrogen-bond acceptors (Lipinski definition) is 2. The van der Waals surface area contributed by atoms with E-state index in [1.54, 1.807) is 0 Å². The third-order valence-corrected chi connectivity index (χ3v) is 3.03. The van der Waals surface area contributed by atoms with Gasteiger partial charge < -0.3 is 0 Å². The van der Waals surface area contributed by atoms with Crippen molar-refractivity contribution in [1.82, 2.24) is 0 Å². The molecule has 0 fully saturated rings. The van der Waals surface area contributed by atoms with Gasteiger partial charge in [0.1, 0.15) is 0 Å². The first-order chi connectivity index (χ1) is 7.06. The SMILES string of the molecule is C#CCCCCCCCCCS(=O)(=O)O. The van der Waals surface area contributed by atoms with Gasteiger partial charge in [-0.25, -0.2) is 0 Å². The molecule has 0 atom stereocenters. The molecule has 0 unspecified atom stereocenters. The number of terminal acetylenes is 1. The lowest BCUT2D eigenvalue weighted by atomic mass is 10.1. The zero-order valence-corrected chi connectivity index (χ0v) is 9.93. The minimum atomic E-state index is -3.75. The van der Waals surface area contributed by atoms with E-state index in [1.165, 1.54) is 0 Å². The van der Waals surface area contributed by atoms with E-state index in [9.17, 15) is 8.42 Å². The summed E-state index contributed by atoms with van der Waals surface area (Å²) in [5.41, 5.74) is 0. The second-order valence-electron chi connectivity index (χ2n) is 3.72. The average Bonchev–Trinajstić information content (AvgIpc) is 2.14. The lowest BCUT2D eigenvalue weighted by molar-refractivity contribution is 0.478. The highest BCUT2D eigenvalue weighted by Gasteiger charge is 2.02. The van der Waals surface area contributed by atoms with Crippen LogP contribution in [0.1, 0.15) is 51.4 Å².